The second-order valence-corrected chi connectivity index (χ2v) is 6.67. The first-order chi connectivity index (χ1) is 13.0. The van der Waals surface area contributed by atoms with Gasteiger partial charge in [-0.1, -0.05) is 17.7 Å². The lowest BCUT2D eigenvalue weighted by Gasteiger charge is -2.33. The molecule has 0 saturated carbocycles. The lowest BCUT2D eigenvalue weighted by atomic mass is 9.81. The molecule has 27 heavy (non-hydrogen) atoms. The second kappa shape index (κ2) is 5.65. The largest absolute Gasteiger partial charge is 0.462 e. The van der Waals surface area contributed by atoms with Gasteiger partial charge in [-0.2, -0.15) is 4.39 Å². The minimum Gasteiger partial charge on any atom is -0.462 e. The Morgan fingerprint density at radius 3 is 2.56 bits per heavy atom. The molecule has 2 aromatic heterocycles. The molecule has 2 N–H and O–H groups in total. The third kappa shape index (κ3) is 2.43. The Morgan fingerprint density at radius 1 is 1.00 bits per heavy atom. The average Bonchev–Trinajstić information content (AvgIpc) is 3.06. The van der Waals surface area contributed by atoms with Crippen LogP contribution in [0.25, 0.3) is 11.1 Å². The summed E-state index contributed by atoms with van der Waals surface area (Å²) >= 11 is 6.11. The van der Waals surface area contributed by atoms with E-state index in [1.54, 1.807) is 18.3 Å². The van der Waals surface area contributed by atoms with Gasteiger partial charge >= 0.3 is 0 Å². The van der Waals surface area contributed by atoms with Crippen LogP contribution >= 0.6 is 11.6 Å². The molecule has 1 aromatic carbocycles. The molecule has 1 spiro atoms. The summed E-state index contributed by atoms with van der Waals surface area (Å²) in [4.78, 5) is 12.4. The van der Waals surface area contributed by atoms with E-state index in [0.717, 1.165) is 22.3 Å². The predicted molar refractivity (Wildman–Crippen MR) is 97.3 cm³/mol. The minimum atomic E-state index is -0.886. The van der Waals surface area contributed by atoms with Crippen molar-refractivity contribution in [2.45, 2.75) is 5.54 Å². The summed E-state index contributed by atoms with van der Waals surface area (Å²) in [7, 11) is 0. The zero-order chi connectivity index (χ0) is 18.6. The number of pyridine rings is 2. The van der Waals surface area contributed by atoms with Crippen molar-refractivity contribution in [2.75, 3.05) is 6.61 Å². The van der Waals surface area contributed by atoms with Gasteiger partial charge in [0.25, 0.3) is 6.02 Å². The lowest BCUT2D eigenvalue weighted by molar-refractivity contribution is 0.264. The molecule has 2 aliphatic heterocycles. The highest BCUT2D eigenvalue weighted by Gasteiger charge is 2.47. The maximum Gasteiger partial charge on any atom is 0.283 e. The van der Waals surface area contributed by atoms with E-state index in [2.05, 4.69) is 15.0 Å². The highest BCUT2D eigenvalue weighted by Crippen LogP contribution is 2.51. The summed E-state index contributed by atoms with van der Waals surface area (Å²) in [5, 5.41) is 0.319. The monoisotopic (exact) mass is 382 g/mol. The zero-order valence-corrected chi connectivity index (χ0v) is 14.6. The van der Waals surface area contributed by atoms with Crippen molar-refractivity contribution in [3.63, 3.8) is 0 Å². The number of benzene rings is 1. The molecule has 5 rings (SSSR count). The summed E-state index contributed by atoms with van der Waals surface area (Å²) in [5.74, 6) is 0.631. The first kappa shape index (κ1) is 16.0. The van der Waals surface area contributed by atoms with E-state index in [0.29, 0.717) is 16.7 Å². The second-order valence-electron chi connectivity index (χ2n) is 6.28. The Bertz CT molecular complexity index is 1100. The SMILES string of the molecule is NC1=N[C@@]2(CO1)c1cc(-c3ccc(F)nc3)ccc1Oc1cnc(Cl)cc12. The molecular weight excluding hydrogens is 371 g/mol. The van der Waals surface area contributed by atoms with Crippen molar-refractivity contribution in [1.29, 1.82) is 0 Å². The number of fused-ring (bicyclic) bond motifs is 4. The normalized spacial score (nSPS) is 19.7. The highest BCUT2D eigenvalue weighted by atomic mass is 35.5. The van der Waals surface area contributed by atoms with Crippen LogP contribution in [0.2, 0.25) is 5.15 Å². The van der Waals surface area contributed by atoms with Crippen molar-refractivity contribution in [3.05, 3.63) is 71.0 Å². The fourth-order valence-electron chi connectivity index (χ4n) is 3.46. The summed E-state index contributed by atoms with van der Waals surface area (Å²) in [5.41, 5.74) is 8.07. The number of aromatic nitrogens is 2. The molecule has 0 radical (unpaired) electrons. The number of hydrogen-bond donors (Lipinski definition) is 1. The fraction of sp³-hybridized carbons (Fsp3) is 0.105. The van der Waals surface area contributed by atoms with Crippen LogP contribution in [0.4, 0.5) is 4.39 Å². The molecule has 1 atom stereocenters. The number of nitrogens with two attached hydrogens (primary N) is 1. The number of rotatable bonds is 1. The average molecular weight is 383 g/mol. The summed E-state index contributed by atoms with van der Waals surface area (Å²) in [6.45, 7) is 0.216. The van der Waals surface area contributed by atoms with Crippen LogP contribution in [0.5, 0.6) is 11.5 Å². The van der Waals surface area contributed by atoms with Gasteiger partial charge in [-0.15, -0.1) is 0 Å². The number of amidine groups is 1. The highest BCUT2D eigenvalue weighted by molar-refractivity contribution is 6.29. The first-order valence-corrected chi connectivity index (χ1v) is 8.51. The molecule has 3 aromatic rings. The molecule has 6 nitrogen and oxygen atoms in total. The van der Waals surface area contributed by atoms with Crippen LogP contribution in [-0.2, 0) is 10.3 Å². The summed E-state index contributed by atoms with van der Waals surface area (Å²) in [6, 6.07) is 10.4. The van der Waals surface area contributed by atoms with Gasteiger partial charge in [0, 0.05) is 22.9 Å². The predicted octanol–water partition coefficient (Wildman–Crippen LogP) is 3.63. The summed E-state index contributed by atoms with van der Waals surface area (Å²) in [6.07, 6.45) is 3.04. The van der Waals surface area contributed by atoms with Gasteiger partial charge < -0.3 is 15.2 Å². The molecule has 0 amide bonds. The van der Waals surface area contributed by atoms with Crippen molar-refractivity contribution in [3.8, 4) is 22.6 Å². The molecule has 134 valence electrons. The fourth-order valence-corrected chi connectivity index (χ4v) is 3.62. The van der Waals surface area contributed by atoms with E-state index in [-0.39, 0.29) is 12.6 Å². The number of halogens is 2. The molecule has 0 bridgehead atoms. The minimum absolute atomic E-state index is 0.0931. The van der Waals surface area contributed by atoms with E-state index in [1.165, 1.54) is 12.3 Å². The Hall–Kier alpha value is -3.19. The van der Waals surface area contributed by atoms with Crippen LogP contribution in [0.1, 0.15) is 11.1 Å². The third-order valence-corrected chi connectivity index (χ3v) is 4.92. The number of ether oxygens (including phenoxy) is 2. The first-order valence-electron chi connectivity index (χ1n) is 8.14. The Balaban J connectivity index is 1.73. The number of hydrogen-bond acceptors (Lipinski definition) is 6. The van der Waals surface area contributed by atoms with E-state index < -0.39 is 11.5 Å². The maximum absolute atomic E-state index is 13.2. The lowest BCUT2D eigenvalue weighted by Crippen LogP contribution is -2.31. The zero-order valence-electron chi connectivity index (χ0n) is 13.8. The van der Waals surface area contributed by atoms with E-state index in [4.69, 9.17) is 26.8 Å². The van der Waals surface area contributed by atoms with Gasteiger partial charge in [0.15, 0.2) is 11.3 Å². The van der Waals surface area contributed by atoms with Crippen molar-refractivity contribution < 1.29 is 13.9 Å². The van der Waals surface area contributed by atoms with Gasteiger partial charge in [-0.05, 0) is 35.9 Å². The molecule has 2 aliphatic rings. The van der Waals surface area contributed by atoms with Gasteiger partial charge in [0.2, 0.25) is 5.95 Å². The van der Waals surface area contributed by atoms with Crippen molar-refractivity contribution in [1.82, 2.24) is 9.97 Å². The van der Waals surface area contributed by atoms with E-state index in [9.17, 15) is 4.39 Å². The van der Waals surface area contributed by atoms with Crippen LogP contribution in [0.3, 0.4) is 0 Å². The van der Waals surface area contributed by atoms with Crippen LogP contribution in [0, 0.1) is 5.95 Å². The Kier molecular flexibility index (Phi) is 3.35. The molecular formula is C19H12ClFN4O2. The Labute approximate surface area is 158 Å². The van der Waals surface area contributed by atoms with Gasteiger partial charge in [0.1, 0.15) is 17.5 Å². The molecule has 0 fully saturated rings. The standard InChI is InChI=1S/C19H12ClFN4O2/c20-16-6-13-15(8-23-16)27-14-3-1-10(11-2-4-17(21)24-7-11)5-12(14)19(13)9-26-18(22)25-19/h1-8H,9H2,(H2,22,25)/t19-/m0/s1. The van der Waals surface area contributed by atoms with Gasteiger partial charge in [-0.3, -0.25) is 0 Å². The molecule has 8 heteroatoms. The van der Waals surface area contributed by atoms with Crippen LogP contribution in [-0.4, -0.2) is 22.6 Å². The molecule has 0 unspecified atom stereocenters. The van der Waals surface area contributed by atoms with Crippen molar-refractivity contribution >= 4 is 17.6 Å². The smallest absolute Gasteiger partial charge is 0.283 e. The quantitative estimate of drug-likeness (QED) is 0.650. The van der Waals surface area contributed by atoms with Crippen LogP contribution in [0.15, 0.2) is 53.8 Å². The topological polar surface area (TPSA) is 82.6 Å². The Morgan fingerprint density at radius 2 is 1.81 bits per heavy atom. The van der Waals surface area contributed by atoms with Gasteiger partial charge in [0.05, 0.1) is 6.20 Å². The van der Waals surface area contributed by atoms with Crippen LogP contribution < -0.4 is 10.5 Å². The van der Waals surface area contributed by atoms with Gasteiger partial charge in [-0.25, -0.2) is 15.0 Å². The van der Waals surface area contributed by atoms with E-state index >= 15 is 0 Å². The third-order valence-electron chi connectivity index (χ3n) is 4.72. The maximum atomic E-state index is 13.2. The number of aliphatic imine (C=N–C) groups is 1. The van der Waals surface area contributed by atoms with Crippen molar-refractivity contribution in [2.24, 2.45) is 10.7 Å². The molecule has 0 aliphatic carbocycles. The number of nitrogens with zero attached hydrogens (tertiary/aromatic N) is 3. The molecule has 4 heterocycles. The summed E-state index contributed by atoms with van der Waals surface area (Å²) < 4.78 is 24.7. The van der Waals surface area contributed by atoms with E-state index in [1.807, 2.05) is 18.2 Å². The molecule has 0 saturated heterocycles.